The van der Waals surface area contributed by atoms with E-state index in [4.69, 9.17) is 4.74 Å². The Bertz CT molecular complexity index is 791. The molecule has 1 heterocycles. The van der Waals surface area contributed by atoms with Crippen LogP contribution in [0, 0.1) is 5.82 Å². The van der Waals surface area contributed by atoms with Crippen molar-refractivity contribution in [2.24, 2.45) is 0 Å². The van der Waals surface area contributed by atoms with Gasteiger partial charge in [0.15, 0.2) is 0 Å². The molecule has 0 unspecified atom stereocenters. The van der Waals surface area contributed by atoms with Crippen molar-refractivity contribution in [3.05, 3.63) is 59.9 Å². The van der Waals surface area contributed by atoms with Crippen LogP contribution in [0.5, 0.6) is 0 Å². The van der Waals surface area contributed by atoms with Gasteiger partial charge in [-0.25, -0.2) is 4.39 Å². The molecule has 26 heavy (non-hydrogen) atoms. The standard InChI is InChI=1S/C19H20FN3O3/c20-15-6-2-1-5-14(15)13-21-18(24)19(25)22-16-7-3-4-8-17(16)23-9-11-26-12-10-23/h1-8H,9-13H2,(H,21,24)(H,22,25). The van der Waals surface area contributed by atoms with Crippen LogP contribution in [0.3, 0.4) is 0 Å². The van der Waals surface area contributed by atoms with Gasteiger partial charge < -0.3 is 20.3 Å². The minimum absolute atomic E-state index is 0.0516. The molecule has 6 nitrogen and oxygen atoms in total. The highest BCUT2D eigenvalue weighted by atomic mass is 19.1. The number of hydrogen-bond donors (Lipinski definition) is 2. The van der Waals surface area contributed by atoms with E-state index >= 15 is 0 Å². The normalized spacial score (nSPS) is 14.0. The highest BCUT2D eigenvalue weighted by Gasteiger charge is 2.19. The zero-order valence-electron chi connectivity index (χ0n) is 14.2. The van der Waals surface area contributed by atoms with E-state index in [1.165, 1.54) is 6.07 Å². The maximum atomic E-state index is 13.6. The smallest absolute Gasteiger partial charge is 0.313 e. The number of hydrogen-bond acceptors (Lipinski definition) is 4. The minimum Gasteiger partial charge on any atom is -0.378 e. The summed E-state index contributed by atoms with van der Waals surface area (Å²) >= 11 is 0. The number of carbonyl (C=O) groups is 2. The second-order valence-corrected chi connectivity index (χ2v) is 5.84. The monoisotopic (exact) mass is 357 g/mol. The summed E-state index contributed by atoms with van der Waals surface area (Å²) in [5, 5.41) is 5.07. The Morgan fingerprint density at radius 3 is 2.46 bits per heavy atom. The van der Waals surface area contributed by atoms with Crippen molar-refractivity contribution in [1.82, 2.24) is 5.32 Å². The van der Waals surface area contributed by atoms with Gasteiger partial charge in [-0.3, -0.25) is 9.59 Å². The van der Waals surface area contributed by atoms with Crippen LogP contribution in [-0.2, 0) is 20.9 Å². The molecule has 7 heteroatoms. The Morgan fingerprint density at radius 2 is 1.69 bits per heavy atom. The van der Waals surface area contributed by atoms with E-state index in [0.29, 0.717) is 37.6 Å². The maximum Gasteiger partial charge on any atom is 0.313 e. The zero-order valence-corrected chi connectivity index (χ0v) is 14.2. The number of anilines is 2. The van der Waals surface area contributed by atoms with E-state index in [1.54, 1.807) is 30.3 Å². The number of para-hydroxylation sites is 2. The number of ether oxygens (including phenoxy) is 1. The van der Waals surface area contributed by atoms with Crippen LogP contribution in [0.25, 0.3) is 0 Å². The number of benzene rings is 2. The Balaban J connectivity index is 1.62. The van der Waals surface area contributed by atoms with Gasteiger partial charge in [0, 0.05) is 25.2 Å². The van der Waals surface area contributed by atoms with Crippen molar-refractivity contribution in [3.8, 4) is 0 Å². The molecule has 1 saturated heterocycles. The van der Waals surface area contributed by atoms with Gasteiger partial charge in [-0.1, -0.05) is 30.3 Å². The molecule has 0 atom stereocenters. The number of morpholine rings is 1. The molecule has 1 fully saturated rings. The molecule has 2 aromatic rings. The largest absolute Gasteiger partial charge is 0.378 e. The molecular formula is C19H20FN3O3. The summed E-state index contributed by atoms with van der Waals surface area (Å²) in [6.45, 7) is 2.61. The van der Waals surface area contributed by atoms with E-state index in [-0.39, 0.29) is 6.54 Å². The Kier molecular flexibility index (Phi) is 5.80. The number of nitrogens with zero attached hydrogens (tertiary/aromatic N) is 1. The molecule has 0 aromatic heterocycles. The predicted octanol–water partition coefficient (Wildman–Crippen LogP) is 1.92. The average Bonchev–Trinajstić information content (AvgIpc) is 2.68. The molecule has 2 N–H and O–H groups in total. The first-order valence-corrected chi connectivity index (χ1v) is 8.39. The van der Waals surface area contributed by atoms with Gasteiger partial charge in [0.05, 0.1) is 24.6 Å². The Hall–Kier alpha value is -2.93. The molecule has 0 aliphatic carbocycles. The zero-order chi connectivity index (χ0) is 18.4. The lowest BCUT2D eigenvalue weighted by molar-refractivity contribution is -0.136. The van der Waals surface area contributed by atoms with Crippen LogP contribution in [0.15, 0.2) is 48.5 Å². The van der Waals surface area contributed by atoms with Gasteiger partial charge in [-0.2, -0.15) is 0 Å². The molecule has 1 aliphatic rings. The first-order valence-electron chi connectivity index (χ1n) is 8.39. The molecule has 3 rings (SSSR count). The number of carbonyl (C=O) groups excluding carboxylic acids is 2. The van der Waals surface area contributed by atoms with E-state index in [2.05, 4.69) is 15.5 Å². The van der Waals surface area contributed by atoms with Gasteiger partial charge in [-0.05, 0) is 18.2 Å². The minimum atomic E-state index is -0.815. The van der Waals surface area contributed by atoms with E-state index in [9.17, 15) is 14.0 Å². The quantitative estimate of drug-likeness (QED) is 0.820. The summed E-state index contributed by atoms with van der Waals surface area (Å²) in [4.78, 5) is 26.3. The first kappa shape index (κ1) is 17.9. The van der Waals surface area contributed by atoms with Gasteiger partial charge in [0.25, 0.3) is 0 Å². The topological polar surface area (TPSA) is 70.7 Å². The van der Waals surface area contributed by atoms with Crippen LogP contribution < -0.4 is 15.5 Å². The fraction of sp³-hybridized carbons (Fsp3) is 0.263. The molecular weight excluding hydrogens is 337 g/mol. The van der Waals surface area contributed by atoms with E-state index in [0.717, 1.165) is 5.69 Å². The number of rotatable bonds is 4. The first-order chi connectivity index (χ1) is 12.6. The van der Waals surface area contributed by atoms with Crippen LogP contribution in [-0.4, -0.2) is 38.1 Å². The molecule has 0 saturated carbocycles. The van der Waals surface area contributed by atoms with Gasteiger partial charge >= 0.3 is 11.8 Å². The second-order valence-electron chi connectivity index (χ2n) is 5.84. The van der Waals surface area contributed by atoms with Crippen LogP contribution in [0.1, 0.15) is 5.56 Å². The lowest BCUT2D eigenvalue weighted by atomic mass is 10.2. The summed E-state index contributed by atoms with van der Waals surface area (Å²) < 4.78 is 18.9. The molecule has 2 amide bonds. The van der Waals surface area contributed by atoms with Crippen molar-refractivity contribution in [1.29, 1.82) is 0 Å². The second kappa shape index (κ2) is 8.44. The van der Waals surface area contributed by atoms with Gasteiger partial charge in [0.1, 0.15) is 5.82 Å². The molecule has 136 valence electrons. The highest BCUT2D eigenvalue weighted by Crippen LogP contribution is 2.26. The summed E-state index contributed by atoms with van der Waals surface area (Å²) in [7, 11) is 0. The third kappa shape index (κ3) is 4.37. The molecule has 2 aromatic carbocycles. The lowest BCUT2D eigenvalue weighted by Crippen LogP contribution is -2.38. The summed E-state index contributed by atoms with van der Waals surface area (Å²) in [5.74, 6) is -2.03. The molecule has 0 radical (unpaired) electrons. The summed E-state index contributed by atoms with van der Waals surface area (Å²) in [5.41, 5.74) is 1.72. The average molecular weight is 357 g/mol. The fourth-order valence-corrected chi connectivity index (χ4v) is 2.74. The third-order valence-electron chi connectivity index (χ3n) is 4.11. The van der Waals surface area contributed by atoms with Crippen molar-refractivity contribution >= 4 is 23.2 Å². The van der Waals surface area contributed by atoms with E-state index < -0.39 is 17.6 Å². The summed E-state index contributed by atoms with van der Waals surface area (Å²) in [6, 6.07) is 13.4. The molecule has 0 spiro atoms. The Labute approximate surface area is 150 Å². The number of nitrogens with one attached hydrogen (secondary N) is 2. The third-order valence-corrected chi connectivity index (χ3v) is 4.11. The summed E-state index contributed by atoms with van der Waals surface area (Å²) in [6.07, 6.45) is 0. The molecule has 1 aliphatic heterocycles. The fourth-order valence-electron chi connectivity index (χ4n) is 2.74. The van der Waals surface area contributed by atoms with Crippen LogP contribution in [0.2, 0.25) is 0 Å². The lowest BCUT2D eigenvalue weighted by Gasteiger charge is -2.30. The number of amides is 2. The Morgan fingerprint density at radius 1 is 1.00 bits per heavy atom. The van der Waals surface area contributed by atoms with E-state index in [1.807, 2.05) is 12.1 Å². The SMILES string of the molecule is O=C(NCc1ccccc1F)C(=O)Nc1ccccc1N1CCOCC1. The van der Waals surface area contributed by atoms with Crippen molar-refractivity contribution < 1.29 is 18.7 Å². The predicted molar refractivity (Wildman–Crippen MR) is 96.4 cm³/mol. The van der Waals surface area contributed by atoms with Crippen molar-refractivity contribution in [3.63, 3.8) is 0 Å². The van der Waals surface area contributed by atoms with Crippen molar-refractivity contribution in [2.75, 3.05) is 36.5 Å². The van der Waals surface area contributed by atoms with Gasteiger partial charge in [0.2, 0.25) is 0 Å². The van der Waals surface area contributed by atoms with Crippen LogP contribution in [0.4, 0.5) is 15.8 Å². The van der Waals surface area contributed by atoms with Crippen molar-refractivity contribution in [2.45, 2.75) is 6.54 Å². The molecule has 0 bridgehead atoms. The highest BCUT2D eigenvalue weighted by molar-refractivity contribution is 6.39. The number of halogens is 1. The maximum absolute atomic E-state index is 13.6. The van der Waals surface area contributed by atoms with Crippen LogP contribution >= 0.6 is 0 Å². The van der Waals surface area contributed by atoms with Gasteiger partial charge in [-0.15, -0.1) is 0 Å².